The van der Waals surface area contributed by atoms with Crippen molar-refractivity contribution in [1.82, 2.24) is 5.32 Å². The number of hydrogen-bond acceptors (Lipinski definition) is 2. The molecule has 3 heteroatoms. The van der Waals surface area contributed by atoms with Crippen molar-refractivity contribution >= 4 is 0 Å². The molecule has 0 spiro atoms. The lowest BCUT2D eigenvalue weighted by molar-refractivity contribution is 0.0989. The predicted molar refractivity (Wildman–Crippen MR) is 43.1 cm³/mol. The number of hydrogen-bond donors (Lipinski definition) is 1. The van der Waals surface area contributed by atoms with E-state index in [1.807, 2.05) is 6.07 Å². The van der Waals surface area contributed by atoms with Crippen LogP contribution in [-0.2, 0) is 4.74 Å². The van der Waals surface area contributed by atoms with Crippen LogP contribution in [0.25, 0.3) is 0 Å². The summed E-state index contributed by atoms with van der Waals surface area (Å²) in [6.45, 7) is 1.44. The Morgan fingerprint density at radius 1 is 1.42 bits per heavy atom. The monoisotopic (exact) mass is 167 g/mol. The molecule has 1 aliphatic rings. The highest BCUT2D eigenvalue weighted by atomic mass is 19.1. The SMILES string of the molecule is Fc1ccccc1C1NCCO1. The first kappa shape index (κ1) is 7.71. The summed E-state index contributed by atoms with van der Waals surface area (Å²) in [5.74, 6) is -0.211. The summed E-state index contributed by atoms with van der Waals surface area (Å²) >= 11 is 0. The van der Waals surface area contributed by atoms with Gasteiger partial charge in [-0.1, -0.05) is 18.2 Å². The molecule has 0 aliphatic carbocycles. The van der Waals surface area contributed by atoms with Gasteiger partial charge in [0, 0.05) is 12.1 Å². The summed E-state index contributed by atoms with van der Waals surface area (Å²) in [6.07, 6.45) is -0.258. The normalized spacial score (nSPS) is 22.9. The molecule has 0 saturated carbocycles. The largest absolute Gasteiger partial charge is 0.358 e. The molecule has 1 N–H and O–H groups in total. The van der Waals surface area contributed by atoms with E-state index in [0.29, 0.717) is 12.2 Å². The Bertz CT molecular complexity index is 271. The van der Waals surface area contributed by atoms with Gasteiger partial charge in [0.05, 0.1) is 6.61 Å². The number of halogens is 1. The predicted octanol–water partition coefficient (Wildman–Crippen LogP) is 1.44. The van der Waals surface area contributed by atoms with E-state index >= 15 is 0 Å². The fourth-order valence-electron chi connectivity index (χ4n) is 1.31. The third-order valence-corrected chi connectivity index (χ3v) is 1.90. The zero-order chi connectivity index (χ0) is 8.39. The van der Waals surface area contributed by atoms with Gasteiger partial charge in [0.15, 0.2) is 0 Å². The van der Waals surface area contributed by atoms with Crippen molar-refractivity contribution in [3.05, 3.63) is 35.6 Å². The van der Waals surface area contributed by atoms with E-state index in [2.05, 4.69) is 5.32 Å². The van der Waals surface area contributed by atoms with Crippen molar-refractivity contribution in [1.29, 1.82) is 0 Å². The molecule has 1 aromatic carbocycles. The maximum absolute atomic E-state index is 13.1. The van der Waals surface area contributed by atoms with Gasteiger partial charge >= 0.3 is 0 Å². The van der Waals surface area contributed by atoms with Gasteiger partial charge in [-0.2, -0.15) is 0 Å². The molecule has 1 aromatic rings. The third-order valence-electron chi connectivity index (χ3n) is 1.90. The molecule has 0 bridgehead atoms. The minimum absolute atomic E-state index is 0.211. The number of ether oxygens (including phenoxy) is 1. The number of nitrogens with one attached hydrogen (secondary N) is 1. The fraction of sp³-hybridized carbons (Fsp3) is 0.333. The van der Waals surface area contributed by atoms with Crippen molar-refractivity contribution in [2.24, 2.45) is 0 Å². The molecule has 1 fully saturated rings. The van der Waals surface area contributed by atoms with Crippen molar-refractivity contribution in [2.45, 2.75) is 6.23 Å². The first-order valence-corrected chi connectivity index (χ1v) is 3.97. The van der Waals surface area contributed by atoms with E-state index in [4.69, 9.17) is 4.74 Å². The summed E-state index contributed by atoms with van der Waals surface area (Å²) in [5, 5.41) is 3.05. The lowest BCUT2D eigenvalue weighted by atomic mass is 10.2. The Kier molecular flexibility index (Phi) is 2.06. The van der Waals surface area contributed by atoms with E-state index in [1.165, 1.54) is 6.07 Å². The van der Waals surface area contributed by atoms with E-state index in [0.717, 1.165) is 6.54 Å². The molecular weight excluding hydrogens is 157 g/mol. The van der Waals surface area contributed by atoms with Crippen LogP contribution in [0.2, 0.25) is 0 Å². The molecule has 1 heterocycles. The van der Waals surface area contributed by atoms with Crippen LogP contribution in [0.15, 0.2) is 24.3 Å². The topological polar surface area (TPSA) is 21.3 Å². The summed E-state index contributed by atoms with van der Waals surface area (Å²) in [7, 11) is 0. The zero-order valence-electron chi connectivity index (χ0n) is 6.59. The van der Waals surface area contributed by atoms with Crippen molar-refractivity contribution in [2.75, 3.05) is 13.2 Å². The lowest BCUT2D eigenvalue weighted by Gasteiger charge is -2.10. The van der Waals surface area contributed by atoms with Crippen LogP contribution in [0.4, 0.5) is 4.39 Å². The second-order valence-electron chi connectivity index (χ2n) is 2.73. The standard InChI is InChI=1S/C9H10FNO/c10-8-4-2-1-3-7(8)9-11-5-6-12-9/h1-4,9,11H,5-6H2. The average molecular weight is 167 g/mol. The Morgan fingerprint density at radius 3 is 2.92 bits per heavy atom. The summed E-state index contributed by atoms with van der Waals surface area (Å²) in [4.78, 5) is 0. The lowest BCUT2D eigenvalue weighted by Crippen LogP contribution is -2.15. The summed E-state index contributed by atoms with van der Waals surface area (Å²) in [6, 6.07) is 6.66. The molecule has 1 unspecified atom stereocenters. The average Bonchev–Trinajstić information content (AvgIpc) is 2.57. The highest BCUT2D eigenvalue weighted by Gasteiger charge is 2.19. The van der Waals surface area contributed by atoms with Gasteiger partial charge in [-0.15, -0.1) is 0 Å². The van der Waals surface area contributed by atoms with E-state index in [-0.39, 0.29) is 12.0 Å². The molecule has 1 atom stereocenters. The molecule has 2 nitrogen and oxygen atoms in total. The molecule has 1 saturated heterocycles. The smallest absolute Gasteiger partial charge is 0.137 e. The second kappa shape index (κ2) is 3.21. The van der Waals surface area contributed by atoms with Crippen LogP contribution in [0.1, 0.15) is 11.8 Å². The highest BCUT2D eigenvalue weighted by Crippen LogP contribution is 2.19. The van der Waals surface area contributed by atoms with Gasteiger partial charge in [0.25, 0.3) is 0 Å². The number of benzene rings is 1. The van der Waals surface area contributed by atoms with Gasteiger partial charge in [0.2, 0.25) is 0 Å². The maximum Gasteiger partial charge on any atom is 0.137 e. The van der Waals surface area contributed by atoms with Gasteiger partial charge in [-0.25, -0.2) is 4.39 Å². The molecule has 1 aliphatic heterocycles. The molecule has 12 heavy (non-hydrogen) atoms. The summed E-state index contributed by atoms with van der Waals surface area (Å²) in [5.41, 5.74) is 0.593. The third kappa shape index (κ3) is 1.33. The van der Waals surface area contributed by atoms with E-state index in [1.54, 1.807) is 12.1 Å². The van der Waals surface area contributed by atoms with Gasteiger partial charge in [0.1, 0.15) is 12.0 Å². The Morgan fingerprint density at radius 2 is 2.25 bits per heavy atom. The minimum Gasteiger partial charge on any atom is -0.358 e. The van der Waals surface area contributed by atoms with Crippen LogP contribution in [0.5, 0.6) is 0 Å². The van der Waals surface area contributed by atoms with Gasteiger partial charge < -0.3 is 4.74 Å². The molecular formula is C9H10FNO. The first-order chi connectivity index (χ1) is 5.88. The Balaban J connectivity index is 2.26. The van der Waals surface area contributed by atoms with Crippen LogP contribution in [-0.4, -0.2) is 13.2 Å². The van der Waals surface area contributed by atoms with E-state index < -0.39 is 0 Å². The Hall–Kier alpha value is -0.930. The molecule has 0 amide bonds. The van der Waals surface area contributed by atoms with Crippen LogP contribution < -0.4 is 5.32 Å². The quantitative estimate of drug-likeness (QED) is 0.683. The fourth-order valence-corrected chi connectivity index (χ4v) is 1.31. The minimum atomic E-state index is -0.258. The maximum atomic E-state index is 13.1. The molecule has 64 valence electrons. The first-order valence-electron chi connectivity index (χ1n) is 3.97. The van der Waals surface area contributed by atoms with Crippen molar-refractivity contribution in [3.63, 3.8) is 0 Å². The molecule has 0 aromatic heterocycles. The van der Waals surface area contributed by atoms with Crippen LogP contribution >= 0.6 is 0 Å². The van der Waals surface area contributed by atoms with Crippen molar-refractivity contribution < 1.29 is 9.13 Å². The summed E-state index contributed by atoms with van der Waals surface area (Å²) < 4.78 is 18.4. The second-order valence-corrected chi connectivity index (χ2v) is 2.73. The Labute approximate surface area is 70.3 Å². The van der Waals surface area contributed by atoms with Crippen molar-refractivity contribution in [3.8, 4) is 0 Å². The highest BCUT2D eigenvalue weighted by molar-refractivity contribution is 5.19. The molecule has 2 rings (SSSR count). The van der Waals surface area contributed by atoms with Gasteiger partial charge in [-0.3, -0.25) is 5.32 Å². The van der Waals surface area contributed by atoms with Crippen LogP contribution in [0.3, 0.4) is 0 Å². The zero-order valence-corrected chi connectivity index (χ0v) is 6.59. The number of rotatable bonds is 1. The molecule has 0 radical (unpaired) electrons. The van der Waals surface area contributed by atoms with E-state index in [9.17, 15) is 4.39 Å². The van der Waals surface area contributed by atoms with Crippen LogP contribution in [0, 0.1) is 5.82 Å². The van der Waals surface area contributed by atoms with Gasteiger partial charge in [-0.05, 0) is 6.07 Å².